The molecule has 5 nitrogen and oxygen atoms in total. The van der Waals surface area contributed by atoms with Crippen molar-refractivity contribution < 1.29 is 4.74 Å². The third kappa shape index (κ3) is 2.82. The maximum atomic E-state index is 11.6. The number of rotatable bonds is 4. The number of hydrogen-bond acceptors (Lipinski definition) is 4. The average Bonchev–Trinajstić information content (AvgIpc) is 2.41. The van der Waals surface area contributed by atoms with Gasteiger partial charge in [-0.15, -0.1) is 0 Å². The van der Waals surface area contributed by atoms with Crippen LogP contribution in [0.4, 0.5) is 0 Å². The summed E-state index contributed by atoms with van der Waals surface area (Å²) in [5.74, 6) is 0.809. The summed E-state index contributed by atoms with van der Waals surface area (Å²) in [6.45, 7) is 4.54. The molecule has 2 aromatic rings. The summed E-state index contributed by atoms with van der Waals surface area (Å²) < 4.78 is 7.10. The van der Waals surface area contributed by atoms with E-state index < -0.39 is 0 Å². The molecule has 2 N–H and O–H groups in total. The van der Waals surface area contributed by atoms with Gasteiger partial charge >= 0.3 is 0 Å². The van der Waals surface area contributed by atoms with E-state index in [-0.39, 0.29) is 12.0 Å². The van der Waals surface area contributed by atoms with Crippen LogP contribution >= 0.6 is 0 Å². The first-order valence-electron chi connectivity index (χ1n) is 6.19. The van der Waals surface area contributed by atoms with Crippen LogP contribution < -0.4 is 15.9 Å². The van der Waals surface area contributed by atoms with E-state index >= 15 is 0 Å². The normalized spacial score (nSPS) is 10.5. The zero-order valence-corrected chi connectivity index (χ0v) is 11.1. The number of hydrogen-bond donors (Lipinski definition) is 1. The molecule has 1 aromatic carbocycles. The number of nitrogens with zero attached hydrogens (tertiary/aromatic N) is 2. The van der Waals surface area contributed by atoms with Crippen LogP contribution in [0.5, 0.6) is 5.75 Å². The van der Waals surface area contributed by atoms with Gasteiger partial charge in [-0.25, -0.2) is 4.68 Å². The van der Waals surface area contributed by atoms with Crippen molar-refractivity contribution in [3.8, 4) is 11.4 Å². The maximum Gasteiger partial charge on any atom is 0.204 e. The van der Waals surface area contributed by atoms with Crippen LogP contribution in [0.15, 0.2) is 35.1 Å². The average molecular weight is 259 g/mol. The van der Waals surface area contributed by atoms with Crippen LogP contribution in [0.1, 0.15) is 18.3 Å². The predicted octanol–water partition coefficient (Wildman–Crippen LogP) is 1.40. The lowest BCUT2D eigenvalue weighted by molar-refractivity contribution is 0.340. The van der Waals surface area contributed by atoms with Crippen molar-refractivity contribution >= 4 is 0 Å². The Bertz CT molecular complexity index is 618. The minimum absolute atomic E-state index is 0.123. The number of nitrogens with two attached hydrogens (primary N) is 1. The Hall–Kier alpha value is -2.14. The fourth-order valence-corrected chi connectivity index (χ4v) is 1.84. The minimum Gasteiger partial charge on any atom is -0.494 e. The van der Waals surface area contributed by atoms with Crippen molar-refractivity contribution in [3.63, 3.8) is 0 Å². The molecule has 1 aromatic heterocycles. The van der Waals surface area contributed by atoms with E-state index in [0.717, 1.165) is 17.1 Å². The fourth-order valence-electron chi connectivity index (χ4n) is 1.84. The quantitative estimate of drug-likeness (QED) is 0.901. The lowest BCUT2D eigenvalue weighted by atomic mass is 10.2. The van der Waals surface area contributed by atoms with Crippen LogP contribution in [0, 0.1) is 6.92 Å². The fraction of sp³-hybridized carbons (Fsp3) is 0.286. The second kappa shape index (κ2) is 5.67. The van der Waals surface area contributed by atoms with Gasteiger partial charge in [0.25, 0.3) is 0 Å². The van der Waals surface area contributed by atoms with Gasteiger partial charge in [0.1, 0.15) is 11.4 Å². The SMILES string of the molecule is CCOc1ccc(-n2nc(CN)c(=O)cc2C)cc1. The number of aryl methyl sites for hydroxylation is 1. The van der Waals surface area contributed by atoms with Crippen molar-refractivity contribution in [3.05, 3.63) is 51.9 Å². The molecule has 0 bridgehead atoms. The Balaban J connectivity index is 2.43. The summed E-state index contributed by atoms with van der Waals surface area (Å²) in [6, 6.07) is 9.09. The highest BCUT2D eigenvalue weighted by Gasteiger charge is 2.06. The van der Waals surface area contributed by atoms with Crippen molar-refractivity contribution in [2.45, 2.75) is 20.4 Å². The first-order valence-corrected chi connectivity index (χ1v) is 6.19. The summed E-state index contributed by atoms with van der Waals surface area (Å²) in [5, 5.41) is 4.27. The second-order valence-corrected chi connectivity index (χ2v) is 4.14. The lowest BCUT2D eigenvalue weighted by Gasteiger charge is -2.11. The highest BCUT2D eigenvalue weighted by Crippen LogP contribution is 2.15. The maximum absolute atomic E-state index is 11.6. The van der Waals surface area contributed by atoms with Crippen molar-refractivity contribution in [1.29, 1.82) is 0 Å². The van der Waals surface area contributed by atoms with E-state index in [0.29, 0.717) is 12.3 Å². The van der Waals surface area contributed by atoms with Crippen LogP contribution in [0.2, 0.25) is 0 Å². The molecule has 0 saturated heterocycles. The number of benzene rings is 1. The summed E-state index contributed by atoms with van der Waals surface area (Å²) in [5.41, 5.74) is 7.39. The monoisotopic (exact) mass is 259 g/mol. The molecular formula is C14H17N3O2. The van der Waals surface area contributed by atoms with Gasteiger partial charge in [0, 0.05) is 18.3 Å². The third-order valence-electron chi connectivity index (χ3n) is 2.76. The molecule has 0 radical (unpaired) electrons. The highest BCUT2D eigenvalue weighted by molar-refractivity contribution is 5.38. The molecule has 0 aliphatic heterocycles. The Morgan fingerprint density at radius 1 is 1.32 bits per heavy atom. The Morgan fingerprint density at radius 2 is 2.00 bits per heavy atom. The van der Waals surface area contributed by atoms with E-state index in [9.17, 15) is 4.79 Å². The van der Waals surface area contributed by atoms with Crippen molar-refractivity contribution in [1.82, 2.24) is 9.78 Å². The standard InChI is InChI=1S/C14H17N3O2/c1-3-19-12-6-4-11(5-7-12)17-10(2)8-14(18)13(9-15)16-17/h4-8H,3,9,15H2,1-2H3. The van der Waals surface area contributed by atoms with Gasteiger partial charge in [0.2, 0.25) is 5.43 Å². The molecule has 0 saturated carbocycles. The molecule has 19 heavy (non-hydrogen) atoms. The van der Waals surface area contributed by atoms with Gasteiger partial charge in [0.15, 0.2) is 0 Å². The van der Waals surface area contributed by atoms with E-state index in [1.807, 2.05) is 38.1 Å². The molecule has 100 valence electrons. The van der Waals surface area contributed by atoms with Gasteiger partial charge in [-0.3, -0.25) is 4.79 Å². The molecule has 5 heteroatoms. The molecule has 0 fully saturated rings. The Labute approximate surface area is 111 Å². The van der Waals surface area contributed by atoms with Crippen LogP contribution in [0.3, 0.4) is 0 Å². The number of ether oxygens (including phenoxy) is 1. The first kappa shape index (κ1) is 13.3. The molecule has 2 rings (SSSR count). The second-order valence-electron chi connectivity index (χ2n) is 4.14. The molecule has 0 aliphatic rings. The molecule has 0 spiro atoms. The summed E-state index contributed by atoms with van der Waals surface area (Å²) in [7, 11) is 0. The molecule has 0 atom stereocenters. The largest absolute Gasteiger partial charge is 0.494 e. The predicted molar refractivity (Wildman–Crippen MR) is 73.6 cm³/mol. The summed E-state index contributed by atoms with van der Waals surface area (Å²) in [6.07, 6.45) is 0. The lowest BCUT2D eigenvalue weighted by Crippen LogP contribution is -2.21. The topological polar surface area (TPSA) is 70.1 Å². The van der Waals surface area contributed by atoms with Gasteiger partial charge in [-0.1, -0.05) is 0 Å². The third-order valence-corrected chi connectivity index (χ3v) is 2.76. The Morgan fingerprint density at radius 3 is 2.58 bits per heavy atom. The van der Waals surface area contributed by atoms with E-state index in [1.54, 1.807) is 10.7 Å². The van der Waals surface area contributed by atoms with E-state index in [2.05, 4.69) is 5.10 Å². The van der Waals surface area contributed by atoms with Gasteiger partial charge in [-0.2, -0.15) is 5.10 Å². The van der Waals surface area contributed by atoms with Gasteiger partial charge in [-0.05, 0) is 38.1 Å². The van der Waals surface area contributed by atoms with Crippen LogP contribution in [0.25, 0.3) is 5.69 Å². The van der Waals surface area contributed by atoms with Gasteiger partial charge < -0.3 is 10.5 Å². The van der Waals surface area contributed by atoms with Crippen molar-refractivity contribution in [2.75, 3.05) is 6.61 Å². The number of aromatic nitrogens is 2. The molecule has 1 heterocycles. The zero-order valence-electron chi connectivity index (χ0n) is 11.1. The first-order chi connectivity index (χ1) is 9.15. The van der Waals surface area contributed by atoms with E-state index in [1.165, 1.54) is 0 Å². The molecule has 0 aliphatic carbocycles. The van der Waals surface area contributed by atoms with E-state index in [4.69, 9.17) is 10.5 Å². The van der Waals surface area contributed by atoms with Gasteiger partial charge in [0.05, 0.1) is 12.3 Å². The molecular weight excluding hydrogens is 242 g/mol. The summed E-state index contributed by atoms with van der Waals surface area (Å²) >= 11 is 0. The minimum atomic E-state index is -0.123. The zero-order chi connectivity index (χ0) is 13.8. The highest BCUT2D eigenvalue weighted by atomic mass is 16.5. The smallest absolute Gasteiger partial charge is 0.204 e. The molecule has 0 amide bonds. The molecule has 0 unspecified atom stereocenters. The van der Waals surface area contributed by atoms with Crippen LogP contribution in [-0.2, 0) is 6.54 Å². The van der Waals surface area contributed by atoms with Crippen molar-refractivity contribution in [2.24, 2.45) is 5.73 Å². The Kier molecular flexibility index (Phi) is 3.97. The summed E-state index contributed by atoms with van der Waals surface area (Å²) in [4.78, 5) is 11.6. The van der Waals surface area contributed by atoms with Crippen LogP contribution in [-0.4, -0.2) is 16.4 Å².